The highest BCUT2D eigenvalue weighted by molar-refractivity contribution is 5.49. The van der Waals surface area contributed by atoms with Crippen molar-refractivity contribution in [2.45, 2.75) is 50.4 Å². The number of phenolic OH excluding ortho intramolecular Hbond substituents is 2. The lowest BCUT2D eigenvalue weighted by molar-refractivity contribution is 0.344. The molecular formula is C24H28O2. The average molecular weight is 348 g/mol. The van der Waals surface area contributed by atoms with Gasteiger partial charge in [0.2, 0.25) is 0 Å². The minimum Gasteiger partial charge on any atom is -0.508 e. The van der Waals surface area contributed by atoms with Gasteiger partial charge in [-0.15, -0.1) is 13.2 Å². The van der Waals surface area contributed by atoms with E-state index in [-0.39, 0.29) is 5.41 Å². The molecule has 0 heterocycles. The van der Waals surface area contributed by atoms with E-state index < -0.39 is 0 Å². The van der Waals surface area contributed by atoms with Crippen LogP contribution in [0.4, 0.5) is 0 Å². The Morgan fingerprint density at radius 2 is 1.23 bits per heavy atom. The summed E-state index contributed by atoms with van der Waals surface area (Å²) < 4.78 is 0. The molecule has 1 aliphatic carbocycles. The minimum absolute atomic E-state index is 0.0640. The van der Waals surface area contributed by atoms with Crippen LogP contribution < -0.4 is 0 Å². The summed E-state index contributed by atoms with van der Waals surface area (Å²) in [5.41, 5.74) is 4.29. The molecule has 0 aliphatic heterocycles. The highest BCUT2D eigenvalue weighted by Crippen LogP contribution is 2.46. The molecule has 1 fully saturated rings. The number of hydrogen-bond acceptors (Lipinski definition) is 2. The van der Waals surface area contributed by atoms with Crippen LogP contribution in [0.2, 0.25) is 0 Å². The van der Waals surface area contributed by atoms with Gasteiger partial charge in [-0.2, -0.15) is 0 Å². The number of benzene rings is 2. The van der Waals surface area contributed by atoms with E-state index in [1.54, 1.807) is 0 Å². The van der Waals surface area contributed by atoms with Crippen molar-refractivity contribution in [1.82, 2.24) is 0 Å². The molecule has 0 aromatic heterocycles. The van der Waals surface area contributed by atoms with Gasteiger partial charge in [-0.3, -0.25) is 0 Å². The molecule has 2 nitrogen and oxygen atoms in total. The van der Waals surface area contributed by atoms with E-state index in [2.05, 4.69) is 37.4 Å². The molecule has 1 saturated carbocycles. The summed E-state index contributed by atoms with van der Waals surface area (Å²) in [6.07, 6.45) is 10.8. The molecule has 0 radical (unpaired) electrons. The predicted molar refractivity (Wildman–Crippen MR) is 108 cm³/mol. The van der Waals surface area contributed by atoms with Crippen molar-refractivity contribution in [3.8, 4) is 11.5 Å². The Labute approximate surface area is 156 Å². The van der Waals surface area contributed by atoms with Gasteiger partial charge < -0.3 is 10.2 Å². The van der Waals surface area contributed by atoms with E-state index in [1.807, 2.05) is 24.3 Å². The summed E-state index contributed by atoms with van der Waals surface area (Å²) in [5, 5.41) is 20.4. The zero-order valence-corrected chi connectivity index (χ0v) is 15.4. The van der Waals surface area contributed by atoms with Gasteiger partial charge in [0.25, 0.3) is 0 Å². The molecule has 2 aromatic carbocycles. The fourth-order valence-electron chi connectivity index (χ4n) is 4.30. The van der Waals surface area contributed by atoms with Gasteiger partial charge in [0, 0.05) is 5.41 Å². The van der Waals surface area contributed by atoms with E-state index in [0.717, 1.165) is 24.0 Å². The summed E-state index contributed by atoms with van der Waals surface area (Å²) >= 11 is 0. The molecule has 2 heteroatoms. The number of aromatic hydroxyl groups is 2. The fraction of sp³-hybridized carbons (Fsp3) is 0.333. The largest absolute Gasteiger partial charge is 0.508 e. The smallest absolute Gasteiger partial charge is 0.119 e. The maximum atomic E-state index is 10.2. The summed E-state index contributed by atoms with van der Waals surface area (Å²) in [6, 6.07) is 12.0. The SMILES string of the molecule is C=CCc1cc(C2(c3ccc(O)c(CC=C)c3)CCCCC2)ccc1O. The first-order valence-electron chi connectivity index (χ1n) is 9.47. The van der Waals surface area contributed by atoms with Gasteiger partial charge >= 0.3 is 0 Å². The number of rotatable bonds is 6. The molecule has 0 amide bonds. The molecule has 0 saturated heterocycles. The number of hydrogen-bond donors (Lipinski definition) is 2. The van der Waals surface area contributed by atoms with Crippen LogP contribution in [-0.4, -0.2) is 10.2 Å². The first-order chi connectivity index (χ1) is 12.6. The van der Waals surface area contributed by atoms with Crippen molar-refractivity contribution >= 4 is 0 Å². The Hall–Kier alpha value is -2.48. The van der Waals surface area contributed by atoms with Crippen LogP contribution in [0, 0.1) is 0 Å². The lowest BCUT2D eigenvalue weighted by Crippen LogP contribution is -2.30. The Bertz CT molecular complexity index is 736. The van der Waals surface area contributed by atoms with Gasteiger partial charge in [0.15, 0.2) is 0 Å². The highest BCUT2D eigenvalue weighted by atomic mass is 16.3. The van der Waals surface area contributed by atoms with Gasteiger partial charge in [0.1, 0.15) is 11.5 Å². The van der Waals surface area contributed by atoms with Gasteiger partial charge in [-0.25, -0.2) is 0 Å². The lowest BCUT2D eigenvalue weighted by atomic mass is 9.65. The molecule has 0 unspecified atom stereocenters. The Balaban J connectivity index is 2.13. The molecule has 0 spiro atoms. The summed E-state index contributed by atoms with van der Waals surface area (Å²) in [7, 11) is 0. The Morgan fingerprint density at radius 3 is 1.65 bits per heavy atom. The summed E-state index contributed by atoms with van der Waals surface area (Å²) in [6.45, 7) is 7.62. The predicted octanol–water partition coefficient (Wildman–Crippen LogP) is 5.81. The maximum Gasteiger partial charge on any atom is 0.119 e. The van der Waals surface area contributed by atoms with Crippen LogP contribution in [0.25, 0.3) is 0 Å². The molecule has 2 N–H and O–H groups in total. The molecule has 0 bridgehead atoms. The second-order valence-electron chi connectivity index (χ2n) is 7.32. The zero-order valence-electron chi connectivity index (χ0n) is 15.4. The highest BCUT2D eigenvalue weighted by Gasteiger charge is 2.36. The number of allylic oxidation sites excluding steroid dienone is 2. The Morgan fingerprint density at radius 1 is 0.769 bits per heavy atom. The molecule has 3 rings (SSSR count). The number of phenols is 2. The fourth-order valence-corrected chi connectivity index (χ4v) is 4.30. The Kier molecular flexibility index (Phi) is 5.51. The molecule has 136 valence electrons. The molecular weight excluding hydrogens is 320 g/mol. The van der Waals surface area contributed by atoms with Gasteiger partial charge in [0.05, 0.1) is 0 Å². The molecule has 1 aliphatic rings. The normalized spacial score (nSPS) is 16.2. The molecule has 0 atom stereocenters. The van der Waals surface area contributed by atoms with E-state index in [9.17, 15) is 10.2 Å². The molecule has 26 heavy (non-hydrogen) atoms. The van der Waals surface area contributed by atoms with Crippen LogP contribution in [-0.2, 0) is 18.3 Å². The topological polar surface area (TPSA) is 40.5 Å². The first kappa shape index (κ1) is 18.3. The van der Waals surface area contributed by atoms with Crippen LogP contribution in [0.5, 0.6) is 11.5 Å². The standard InChI is InChI=1S/C24H28O2/c1-3-8-18-16-20(10-12-22(18)25)24(14-6-5-7-15-24)21-11-13-23(26)19(17-21)9-4-2/h3-4,10-13,16-17,25-26H,1-2,5-9,14-15H2. The molecule has 2 aromatic rings. The van der Waals surface area contributed by atoms with Crippen molar-refractivity contribution in [2.24, 2.45) is 0 Å². The quantitative estimate of drug-likeness (QED) is 0.647. The average Bonchev–Trinajstić information content (AvgIpc) is 2.66. The van der Waals surface area contributed by atoms with Gasteiger partial charge in [-0.1, -0.05) is 55.7 Å². The monoisotopic (exact) mass is 348 g/mol. The van der Waals surface area contributed by atoms with Gasteiger partial charge in [-0.05, 0) is 60.1 Å². The van der Waals surface area contributed by atoms with Crippen molar-refractivity contribution in [3.05, 3.63) is 84.0 Å². The van der Waals surface area contributed by atoms with Crippen molar-refractivity contribution in [2.75, 3.05) is 0 Å². The lowest BCUT2D eigenvalue weighted by Gasteiger charge is -2.39. The van der Waals surface area contributed by atoms with Crippen LogP contribution in [0.3, 0.4) is 0 Å². The third kappa shape index (κ3) is 3.41. The first-order valence-corrected chi connectivity index (χ1v) is 9.47. The van der Waals surface area contributed by atoms with Crippen molar-refractivity contribution in [1.29, 1.82) is 0 Å². The van der Waals surface area contributed by atoms with Crippen molar-refractivity contribution < 1.29 is 10.2 Å². The van der Waals surface area contributed by atoms with E-state index >= 15 is 0 Å². The maximum absolute atomic E-state index is 10.2. The van der Waals surface area contributed by atoms with E-state index in [0.29, 0.717) is 24.3 Å². The van der Waals surface area contributed by atoms with Crippen LogP contribution >= 0.6 is 0 Å². The van der Waals surface area contributed by atoms with E-state index in [4.69, 9.17) is 0 Å². The summed E-state index contributed by atoms with van der Waals surface area (Å²) in [5.74, 6) is 0.662. The van der Waals surface area contributed by atoms with Crippen LogP contribution in [0.1, 0.15) is 54.4 Å². The third-order valence-corrected chi connectivity index (χ3v) is 5.70. The minimum atomic E-state index is -0.0640. The second-order valence-corrected chi connectivity index (χ2v) is 7.32. The third-order valence-electron chi connectivity index (χ3n) is 5.70. The summed E-state index contributed by atoms with van der Waals surface area (Å²) in [4.78, 5) is 0. The van der Waals surface area contributed by atoms with E-state index in [1.165, 1.54) is 30.4 Å². The van der Waals surface area contributed by atoms with Crippen LogP contribution in [0.15, 0.2) is 61.7 Å². The zero-order chi connectivity index (χ0) is 18.6. The second kappa shape index (κ2) is 7.82. The van der Waals surface area contributed by atoms with Crippen molar-refractivity contribution in [3.63, 3.8) is 0 Å².